The Morgan fingerprint density at radius 3 is 2.51 bits per heavy atom. The van der Waals surface area contributed by atoms with Crippen LogP contribution in [0.1, 0.15) is 45.2 Å². The third-order valence-corrected chi connectivity index (χ3v) is 6.83. The number of pyridine rings is 1. The van der Waals surface area contributed by atoms with Gasteiger partial charge in [-0.25, -0.2) is 9.37 Å². The third kappa shape index (κ3) is 4.88. The van der Waals surface area contributed by atoms with E-state index in [0.29, 0.717) is 48.0 Å². The molecular formula is C26H21ClFN5O4. The van der Waals surface area contributed by atoms with E-state index in [4.69, 9.17) is 11.6 Å². The molecule has 1 aliphatic heterocycles. The van der Waals surface area contributed by atoms with Crippen molar-refractivity contribution >= 4 is 40.4 Å². The monoisotopic (exact) mass is 521 g/mol. The number of nitrogens with one attached hydrogen (secondary N) is 1. The van der Waals surface area contributed by atoms with Crippen LogP contribution in [0.5, 0.6) is 0 Å². The molecule has 3 heterocycles. The second-order valence-electron chi connectivity index (χ2n) is 8.76. The van der Waals surface area contributed by atoms with Gasteiger partial charge in [0.25, 0.3) is 17.5 Å². The van der Waals surface area contributed by atoms with Crippen LogP contribution in [0.15, 0.2) is 67.0 Å². The third-order valence-electron chi connectivity index (χ3n) is 6.54. The Bertz CT molecular complexity index is 1510. The van der Waals surface area contributed by atoms with Gasteiger partial charge in [0.2, 0.25) is 0 Å². The number of likely N-dealkylation sites (tertiary alicyclic amines) is 1. The van der Waals surface area contributed by atoms with Crippen LogP contribution >= 0.6 is 11.6 Å². The van der Waals surface area contributed by atoms with Crippen molar-refractivity contribution in [1.29, 1.82) is 0 Å². The number of fused-ring (bicyclic) bond motifs is 1. The van der Waals surface area contributed by atoms with E-state index in [9.17, 15) is 24.1 Å². The van der Waals surface area contributed by atoms with E-state index in [1.165, 1.54) is 6.20 Å². The number of anilines is 1. The normalized spacial score (nSPS) is 14.1. The molecule has 5 rings (SSSR count). The summed E-state index contributed by atoms with van der Waals surface area (Å²) in [4.78, 5) is 41.4. The predicted octanol–water partition coefficient (Wildman–Crippen LogP) is 5.31. The summed E-state index contributed by atoms with van der Waals surface area (Å²) in [5, 5.41) is 14.1. The van der Waals surface area contributed by atoms with E-state index < -0.39 is 22.3 Å². The Balaban J connectivity index is 1.20. The van der Waals surface area contributed by atoms with Gasteiger partial charge in [-0.3, -0.25) is 24.1 Å². The second-order valence-corrected chi connectivity index (χ2v) is 9.16. The highest BCUT2D eigenvalue weighted by atomic mass is 35.5. The molecule has 11 heteroatoms. The van der Waals surface area contributed by atoms with Gasteiger partial charge in [0, 0.05) is 31.0 Å². The predicted molar refractivity (Wildman–Crippen MR) is 136 cm³/mol. The zero-order chi connectivity index (χ0) is 26.1. The van der Waals surface area contributed by atoms with Crippen LogP contribution in [-0.4, -0.2) is 44.1 Å². The molecule has 0 atom stereocenters. The second kappa shape index (κ2) is 9.98. The number of hydrogen-bond acceptors (Lipinski definition) is 5. The molecule has 1 aliphatic rings. The topological polar surface area (TPSA) is 110 Å². The molecule has 9 nitrogen and oxygen atoms in total. The van der Waals surface area contributed by atoms with E-state index in [0.717, 1.165) is 23.8 Å². The number of rotatable bonds is 5. The van der Waals surface area contributed by atoms with Crippen molar-refractivity contribution in [2.45, 2.75) is 18.8 Å². The number of imidazole rings is 1. The minimum Gasteiger partial charge on any atom is -0.339 e. The summed E-state index contributed by atoms with van der Waals surface area (Å²) in [7, 11) is 0. The first-order valence-electron chi connectivity index (χ1n) is 11.6. The number of nitro groups is 1. The highest BCUT2D eigenvalue weighted by Crippen LogP contribution is 2.30. The van der Waals surface area contributed by atoms with E-state index >= 15 is 0 Å². The van der Waals surface area contributed by atoms with Gasteiger partial charge in [0.05, 0.1) is 27.8 Å². The summed E-state index contributed by atoms with van der Waals surface area (Å²) in [6.07, 6.45) is 4.57. The Hall–Kier alpha value is -4.31. The number of aromatic nitrogens is 2. The van der Waals surface area contributed by atoms with Crippen molar-refractivity contribution in [2.24, 2.45) is 0 Å². The molecule has 188 valence electrons. The van der Waals surface area contributed by atoms with Gasteiger partial charge in [0.1, 0.15) is 11.5 Å². The summed E-state index contributed by atoms with van der Waals surface area (Å²) in [6, 6.07) is 14.1. The number of halogens is 2. The molecule has 0 radical (unpaired) electrons. The van der Waals surface area contributed by atoms with Crippen LogP contribution in [0.3, 0.4) is 0 Å². The van der Waals surface area contributed by atoms with Crippen molar-refractivity contribution in [1.82, 2.24) is 14.3 Å². The molecule has 4 aromatic rings. The van der Waals surface area contributed by atoms with E-state index in [2.05, 4.69) is 10.3 Å². The van der Waals surface area contributed by atoms with Gasteiger partial charge in [0.15, 0.2) is 5.65 Å². The molecule has 37 heavy (non-hydrogen) atoms. The molecule has 2 amide bonds. The average Bonchev–Trinajstić information content (AvgIpc) is 3.34. The van der Waals surface area contributed by atoms with Gasteiger partial charge in [-0.05, 0) is 54.7 Å². The summed E-state index contributed by atoms with van der Waals surface area (Å²) < 4.78 is 15.9. The molecular weight excluding hydrogens is 501 g/mol. The lowest BCUT2D eigenvalue weighted by Gasteiger charge is -2.32. The van der Waals surface area contributed by atoms with Crippen LogP contribution < -0.4 is 5.32 Å². The largest absolute Gasteiger partial charge is 0.339 e. The number of non-ortho nitro benzene ring substituents is 1. The summed E-state index contributed by atoms with van der Waals surface area (Å²) in [6.45, 7) is 0.879. The first kappa shape index (κ1) is 24.4. The zero-order valence-electron chi connectivity index (χ0n) is 19.4. The number of carbonyl (C=O) groups excluding carboxylic acids is 2. The highest BCUT2D eigenvalue weighted by Gasteiger charge is 2.27. The molecule has 0 unspecified atom stereocenters. The van der Waals surface area contributed by atoms with Crippen molar-refractivity contribution in [3.8, 4) is 0 Å². The van der Waals surface area contributed by atoms with E-state index in [1.807, 2.05) is 24.3 Å². The Morgan fingerprint density at radius 2 is 1.84 bits per heavy atom. The Labute approximate surface area is 215 Å². The average molecular weight is 522 g/mol. The Morgan fingerprint density at radius 1 is 1.11 bits per heavy atom. The lowest BCUT2D eigenvalue weighted by Crippen LogP contribution is -2.38. The SMILES string of the molecule is O=C(Nc1ccc(C2CCN(C(=O)c3ccc([N+](=O)[O-])cc3F)CC2)cc1)c1cnc2c(Cl)cccn12. The quantitative estimate of drug-likeness (QED) is 0.283. The molecule has 1 N–H and O–H groups in total. The number of nitrogens with zero attached hydrogens (tertiary/aromatic N) is 4. The molecule has 2 aromatic heterocycles. The minimum absolute atomic E-state index is 0.169. The first-order chi connectivity index (χ1) is 17.8. The fraction of sp³-hybridized carbons (Fsp3) is 0.192. The van der Waals surface area contributed by atoms with Crippen molar-refractivity contribution < 1.29 is 18.9 Å². The van der Waals surface area contributed by atoms with Crippen molar-refractivity contribution in [3.63, 3.8) is 0 Å². The number of amides is 2. The first-order valence-corrected chi connectivity index (χ1v) is 12.0. The van der Waals surface area contributed by atoms with Crippen LogP contribution in [0.2, 0.25) is 5.02 Å². The van der Waals surface area contributed by atoms with Crippen molar-refractivity contribution in [2.75, 3.05) is 18.4 Å². The lowest BCUT2D eigenvalue weighted by molar-refractivity contribution is -0.385. The minimum atomic E-state index is -0.897. The van der Waals surface area contributed by atoms with Gasteiger partial charge < -0.3 is 10.2 Å². The maximum atomic E-state index is 14.3. The fourth-order valence-electron chi connectivity index (χ4n) is 4.56. The summed E-state index contributed by atoms with van der Waals surface area (Å²) in [5.74, 6) is -1.48. The number of benzene rings is 2. The molecule has 1 saturated heterocycles. The number of nitro benzene ring substituents is 1. The van der Waals surface area contributed by atoms with E-state index in [-0.39, 0.29) is 17.4 Å². The number of carbonyl (C=O) groups is 2. The van der Waals surface area contributed by atoms with Crippen LogP contribution in [-0.2, 0) is 0 Å². The van der Waals surface area contributed by atoms with Gasteiger partial charge in [-0.15, -0.1) is 0 Å². The Kier molecular flexibility index (Phi) is 6.58. The maximum absolute atomic E-state index is 14.3. The standard InChI is InChI=1S/C26H21ClFN5O4/c27-21-2-1-11-32-23(15-29-24(21)32)25(34)30-18-5-3-16(4-6-18)17-9-12-31(13-10-17)26(35)20-8-7-19(33(36)37)14-22(20)28/h1-8,11,14-15,17H,9-10,12-13H2,(H,30,34). The van der Waals surface area contributed by atoms with Gasteiger partial charge in [-0.2, -0.15) is 0 Å². The molecule has 2 aromatic carbocycles. The number of piperidine rings is 1. The van der Waals surface area contributed by atoms with Gasteiger partial charge >= 0.3 is 0 Å². The smallest absolute Gasteiger partial charge is 0.274 e. The zero-order valence-corrected chi connectivity index (χ0v) is 20.2. The summed E-state index contributed by atoms with van der Waals surface area (Å²) in [5.41, 5.74) is 2.02. The number of hydrogen-bond donors (Lipinski definition) is 1. The lowest BCUT2D eigenvalue weighted by atomic mass is 9.89. The van der Waals surface area contributed by atoms with Crippen LogP contribution in [0, 0.1) is 15.9 Å². The summed E-state index contributed by atoms with van der Waals surface area (Å²) >= 11 is 6.13. The van der Waals surface area contributed by atoms with Gasteiger partial charge in [-0.1, -0.05) is 23.7 Å². The molecule has 1 fully saturated rings. The van der Waals surface area contributed by atoms with Crippen LogP contribution in [0.25, 0.3) is 5.65 Å². The molecule has 0 bridgehead atoms. The molecule has 0 saturated carbocycles. The highest BCUT2D eigenvalue weighted by molar-refractivity contribution is 6.33. The molecule has 0 spiro atoms. The van der Waals surface area contributed by atoms with E-state index in [1.54, 1.807) is 27.6 Å². The fourth-order valence-corrected chi connectivity index (χ4v) is 4.77. The maximum Gasteiger partial charge on any atom is 0.274 e. The van der Waals surface area contributed by atoms with Crippen molar-refractivity contribution in [3.05, 3.63) is 105 Å². The molecule has 0 aliphatic carbocycles. The van der Waals surface area contributed by atoms with Crippen LogP contribution in [0.4, 0.5) is 15.8 Å².